The van der Waals surface area contributed by atoms with Gasteiger partial charge in [0.05, 0.1) is 11.7 Å². The quantitative estimate of drug-likeness (QED) is 0.911. The van der Waals surface area contributed by atoms with Gasteiger partial charge in [0, 0.05) is 12.1 Å². The van der Waals surface area contributed by atoms with Gasteiger partial charge < -0.3 is 5.32 Å². The molecular formula is C15H17F2N3. The molecule has 0 saturated heterocycles. The summed E-state index contributed by atoms with van der Waals surface area (Å²) in [5.41, 5.74) is 2.94. The Bertz CT molecular complexity index is 649. The van der Waals surface area contributed by atoms with Crippen LogP contribution in [0.25, 0.3) is 0 Å². The lowest BCUT2D eigenvalue weighted by molar-refractivity contribution is 0.466. The highest BCUT2D eigenvalue weighted by Gasteiger charge is 2.26. The molecule has 3 rings (SSSR count). The van der Waals surface area contributed by atoms with Gasteiger partial charge in [-0.25, -0.2) is 13.5 Å². The van der Waals surface area contributed by atoms with Crippen LogP contribution < -0.4 is 5.32 Å². The Morgan fingerprint density at radius 3 is 2.85 bits per heavy atom. The Morgan fingerprint density at radius 1 is 1.35 bits per heavy atom. The third kappa shape index (κ3) is 1.97. The maximum atomic E-state index is 13.4. The van der Waals surface area contributed by atoms with Crippen LogP contribution in [0.2, 0.25) is 0 Å². The number of aryl methyl sites for hydroxylation is 1. The number of fused-ring (bicyclic) bond motifs is 1. The summed E-state index contributed by atoms with van der Waals surface area (Å²) in [6, 6.07) is 4.06. The van der Waals surface area contributed by atoms with Crippen molar-refractivity contribution in [2.75, 3.05) is 11.9 Å². The normalized spacial score (nSPS) is 17.7. The first-order valence-electron chi connectivity index (χ1n) is 6.88. The van der Waals surface area contributed by atoms with E-state index in [9.17, 15) is 8.78 Å². The minimum atomic E-state index is -0.811. The lowest BCUT2D eigenvalue weighted by Crippen LogP contribution is -2.24. The number of hydrogen-bond acceptors (Lipinski definition) is 2. The highest BCUT2D eigenvalue weighted by molar-refractivity contribution is 5.49. The summed E-state index contributed by atoms with van der Waals surface area (Å²) in [6.07, 6.45) is 1.67. The second kappa shape index (κ2) is 4.89. The van der Waals surface area contributed by atoms with E-state index in [0.29, 0.717) is 0 Å². The number of anilines is 1. The Morgan fingerprint density at radius 2 is 2.15 bits per heavy atom. The minimum Gasteiger partial charge on any atom is -0.370 e. The predicted octanol–water partition coefficient (Wildman–Crippen LogP) is 3.44. The van der Waals surface area contributed by atoms with Crippen molar-refractivity contribution in [3.8, 4) is 0 Å². The third-order valence-corrected chi connectivity index (χ3v) is 3.91. The van der Waals surface area contributed by atoms with Crippen LogP contribution in [0.3, 0.4) is 0 Å². The molecule has 0 saturated carbocycles. The third-order valence-electron chi connectivity index (χ3n) is 3.91. The van der Waals surface area contributed by atoms with Crippen molar-refractivity contribution >= 4 is 5.82 Å². The van der Waals surface area contributed by atoms with Crippen LogP contribution in [0, 0.1) is 18.6 Å². The van der Waals surface area contributed by atoms with E-state index in [0.717, 1.165) is 42.0 Å². The summed E-state index contributed by atoms with van der Waals surface area (Å²) >= 11 is 0. The summed E-state index contributed by atoms with van der Waals surface area (Å²) in [6.45, 7) is 4.91. The Labute approximate surface area is 116 Å². The smallest absolute Gasteiger partial charge is 0.159 e. The Balaban J connectivity index is 2.07. The summed E-state index contributed by atoms with van der Waals surface area (Å²) in [5.74, 6) is -0.626. The molecule has 1 atom stereocenters. The zero-order valence-corrected chi connectivity index (χ0v) is 11.6. The second-order valence-corrected chi connectivity index (χ2v) is 5.12. The van der Waals surface area contributed by atoms with E-state index >= 15 is 0 Å². The highest BCUT2D eigenvalue weighted by Crippen LogP contribution is 2.33. The second-order valence-electron chi connectivity index (χ2n) is 5.12. The molecule has 1 aromatic heterocycles. The molecule has 0 bridgehead atoms. The summed E-state index contributed by atoms with van der Waals surface area (Å²) in [5, 5.41) is 7.96. The fourth-order valence-electron chi connectivity index (χ4n) is 2.82. The number of rotatable bonds is 2. The molecule has 1 aromatic carbocycles. The van der Waals surface area contributed by atoms with E-state index in [-0.39, 0.29) is 6.04 Å². The maximum Gasteiger partial charge on any atom is 0.159 e. The van der Waals surface area contributed by atoms with Crippen molar-refractivity contribution < 1.29 is 8.78 Å². The molecular weight excluding hydrogens is 260 g/mol. The van der Waals surface area contributed by atoms with E-state index in [4.69, 9.17) is 0 Å². The molecule has 1 aliphatic rings. The molecule has 1 unspecified atom stereocenters. The van der Waals surface area contributed by atoms with Crippen LogP contribution in [0.1, 0.15) is 36.2 Å². The highest BCUT2D eigenvalue weighted by atomic mass is 19.2. The van der Waals surface area contributed by atoms with Gasteiger partial charge in [0.25, 0.3) is 0 Å². The van der Waals surface area contributed by atoms with Gasteiger partial charge in [0.15, 0.2) is 11.6 Å². The average Bonchev–Trinajstić information content (AvgIpc) is 2.79. The summed E-state index contributed by atoms with van der Waals surface area (Å²) in [7, 11) is 0. The molecule has 20 heavy (non-hydrogen) atoms. The van der Waals surface area contributed by atoms with Crippen molar-refractivity contribution in [3.05, 3.63) is 46.7 Å². The SMILES string of the molecule is CCc1nn2c(c1C)NCCC2c1ccc(F)c(F)c1. The van der Waals surface area contributed by atoms with E-state index in [2.05, 4.69) is 17.3 Å². The molecule has 0 amide bonds. The monoisotopic (exact) mass is 277 g/mol. The van der Waals surface area contributed by atoms with Crippen LogP contribution in [-0.2, 0) is 6.42 Å². The lowest BCUT2D eigenvalue weighted by Gasteiger charge is -2.26. The number of halogens is 2. The topological polar surface area (TPSA) is 29.9 Å². The molecule has 5 heteroatoms. The van der Waals surface area contributed by atoms with Gasteiger partial charge in [-0.3, -0.25) is 0 Å². The number of benzene rings is 1. The van der Waals surface area contributed by atoms with Crippen LogP contribution in [0.15, 0.2) is 18.2 Å². The molecule has 2 heterocycles. The number of hydrogen-bond donors (Lipinski definition) is 1. The summed E-state index contributed by atoms with van der Waals surface area (Å²) < 4.78 is 28.4. The average molecular weight is 277 g/mol. The molecule has 1 N–H and O–H groups in total. The van der Waals surface area contributed by atoms with E-state index in [1.807, 2.05) is 11.6 Å². The molecule has 3 nitrogen and oxygen atoms in total. The van der Waals surface area contributed by atoms with Gasteiger partial charge in [-0.2, -0.15) is 5.10 Å². The Kier molecular flexibility index (Phi) is 3.20. The van der Waals surface area contributed by atoms with Gasteiger partial charge >= 0.3 is 0 Å². The predicted molar refractivity (Wildman–Crippen MR) is 73.9 cm³/mol. The van der Waals surface area contributed by atoms with Crippen LogP contribution in [-0.4, -0.2) is 16.3 Å². The van der Waals surface area contributed by atoms with Gasteiger partial charge in [-0.05, 0) is 37.5 Å². The first-order chi connectivity index (χ1) is 9.61. The van der Waals surface area contributed by atoms with Crippen LogP contribution in [0.4, 0.5) is 14.6 Å². The molecule has 106 valence electrons. The van der Waals surface area contributed by atoms with Crippen molar-refractivity contribution in [1.82, 2.24) is 9.78 Å². The fourth-order valence-corrected chi connectivity index (χ4v) is 2.82. The standard InChI is InChI=1S/C15H17F2N3/c1-3-13-9(2)15-18-7-6-14(20(15)19-13)10-4-5-11(16)12(17)8-10/h4-5,8,14,18H,3,6-7H2,1-2H3. The van der Waals surface area contributed by atoms with Crippen molar-refractivity contribution in [1.29, 1.82) is 0 Å². The van der Waals surface area contributed by atoms with Crippen LogP contribution in [0.5, 0.6) is 0 Å². The van der Waals surface area contributed by atoms with Gasteiger partial charge in [0.1, 0.15) is 5.82 Å². The Hall–Kier alpha value is -1.91. The minimum absolute atomic E-state index is 0.0413. The fraction of sp³-hybridized carbons (Fsp3) is 0.400. The van der Waals surface area contributed by atoms with Crippen LogP contribution >= 0.6 is 0 Å². The van der Waals surface area contributed by atoms with Gasteiger partial charge in [-0.1, -0.05) is 13.0 Å². The number of nitrogens with one attached hydrogen (secondary N) is 1. The van der Waals surface area contributed by atoms with E-state index in [1.54, 1.807) is 6.07 Å². The van der Waals surface area contributed by atoms with Crippen molar-refractivity contribution in [3.63, 3.8) is 0 Å². The van der Waals surface area contributed by atoms with E-state index < -0.39 is 11.6 Å². The zero-order chi connectivity index (χ0) is 14.3. The largest absolute Gasteiger partial charge is 0.370 e. The molecule has 1 aliphatic heterocycles. The molecule has 0 radical (unpaired) electrons. The lowest BCUT2D eigenvalue weighted by atomic mass is 10.0. The molecule has 0 spiro atoms. The first-order valence-corrected chi connectivity index (χ1v) is 6.88. The molecule has 0 aliphatic carbocycles. The maximum absolute atomic E-state index is 13.4. The first kappa shape index (κ1) is 13.1. The number of nitrogens with zero attached hydrogens (tertiary/aromatic N) is 2. The van der Waals surface area contributed by atoms with Gasteiger partial charge in [0.2, 0.25) is 0 Å². The number of aromatic nitrogens is 2. The van der Waals surface area contributed by atoms with E-state index in [1.165, 1.54) is 12.1 Å². The van der Waals surface area contributed by atoms with Crippen molar-refractivity contribution in [2.45, 2.75) is 32.7 Å². The summed E-state index contributed by atoms with van der Waals surface area (Å²) in [4.78, 5) is 0. The van der Waals surface area contributed by atoms with Crippen molar-refractivity contribution in [2.24, 2.45) is 0 Å². The zero-order valence-electron chi connectivity index (χ0n) is 11.6. The van der Waals surface area contributed by atoms with Gasteiger partial charge in [-0.15, -0.1) is 0 Å². The molecule has 2 aromatic rings. The molecule has 0 fully saturated rings.